The van der Waals surface area contributed by atoms with Crippen molar-refractivity contribution >= 4 is 10.9 Å². The molecule has 0 amide bonds. The zero-order valence-corrected chi connectivity index (χ0v) is 12.4. The molecule has 3 rings (SSSR count). The molecule has 1 nitrogen and oxygen atoms in total. The molecule has 0 fully saturated rings. The summed E-state index contributed by atoms with van der Waals surface area (Å²) in [5.41, 5.74) is 0.834. The van der Waals surface area contributed by atoms with Gasteiger partial charge >= 0.3 is 6.18 Å². The van der Waals surface area contributed by atoms with Crippen LogP contribution in [0.25, 0.3) is 10.9 Å². The first-order chi connectivity index (χ1) is 10.9. The van der Waals surface area contributed by atoms with Crippen molar-refractivity contribution in [2.24, 2.45) is 0 Å². The maximum Gasteiger partial charge on any atom is 0.416 e. The Labute approximate surface area is 131 Å². The van der Waals surface area contributed by atoms with Gasteiger partial charge in [0.2, 0.25) is 0 Å². The fraction of sp³-hybridized carbons (Fsp3) is 0.222. The second-order valence-corrected chi connectivity index (χ2v) is 5.47. The average molecular weight is 321 g/mol. The molecule has 120 valence electrons. The molecule has 0 saturated heterocycles. The molecule has 1 aromatic heterocycles. The molecule has 5 heteroatoms. The number of nitrogens with zero attached hydrogens (tertiary/aromatic N) is 1. The third-order valence-electron chi connectivity index (χ3n) is 4.00. The van der Waals surface area contributed by atoms with Crippen LogP contribution >= 0.6 is 0 Å². The van der Waals surface area contributed by atoms with Crippen molar-refractivity contribution in [1.29, 1.82) is 0 Å². The zero-order chi connectivity index (χ0) is 16.6. The molecule has 2 aromatic carbocycles. The number of rotatable bonds is 3. The second kappa shape index (κ2) is 5.72. The summed E-state index contributed by atoms with van der Waals surface area (Å²) < 4.78 is 53.8. The molecule has 0 aliphatic heterocycles. The molecule has 1 atom stereocenters. The van der Waals surface area contributed by atoms with Crippen molar-refractivity contribution in [2.45, 2.75) is 25.6 Å². The molecule has 1 heterocycles. The average Bonchev–Trinajstić information content (AvgIpc) is 2.91. The SMILES string of the molecule is CCC(c1cccc(F)c1)n1ccc2cc(C(F)(F)F)ccc21. The molecule has 23 heavy (non-hydrogen) atoms. The molecular formula is C18H15F4N. The lowest BCUT2D eigenvalue weighted by Gasteiger charge is -2.19. The third kappa shape index (κ3) is 2.96. The summed E-state index contributed by atoms with van der Waals surface area (Å²) in [5.74, 6) is -0.322. The monoisotopic (exact) mass is 321 g/mol. The Balaban J connectivity index is 2.08. The van der Waals surface area contributed by atoms with Crippen LogP contribution in [0.4, 0.5) is 17.6 Å². The predicted octanol–water partition coefficient (Wildman–Crippen LogP) is 5.80. The highest BCUT2D eigenvalue weighted by atomic mass is 19.4. The minimum Gasteiger partial charge on any atom is -0.340 e. The second-order valence-electron chi connectivity index (χ2n) is 5.47. The van der Waals surface area contributed by atoms with E-state index >= 15 is 0 Å². The summed E-state index contributed by atoms with van der Waals surface area (Å²) in [6, 6.07) is 11.5. The van der Waals surface area contributed by atoms with Crippen molar-refractivity contribution < 1.29 is 17.6 Å². The molecule has 0 spiro atoms. The van der Waals surface area contributed by atoms with Gasteiger partial charge in [-0.05, 0) is 48.4 Å². The summed E-state index contributed by atoms with van der Waals surface area (Å²) in [5, 5.41) is 0.523. The normalized spacial score (nSPS) is 13.4. The number of halogens is 4. The van der Waals surface area contributed by atoms with Gasteiger partial charge < -0.3 is 4.57 Å². The van der Waals surface area contributed by atoms with Crippen LogP contribution in [-0.4, -0.2) is 4.57 Å². The lowest BCUT2D eigenvalue weighted by Crippen LogP contribution is -2.09. The first kappa shape index (κ1) is 15.6. The third-order valence-corrected chi connectivity index (χ3v) is 4.00. The Morgan fingerprint density at radius 2 is 1.83 bits per heavy atom. The van der Waals surface area contributed by atoms with Crippen LogP contribution < -0.4 is 0 Å². The topological polar surface area (TPSA) is 4.93 Å². The first-order valence-corrected chi connectivity index (χ1v) is 7.33. The summed E-state index contributed by atoms with van der Waals surface area (Å²) in [7, 11) is 0. The van der Waals surface area contributed by atoms with Crippen molar-refractivity contribution in [3.05, 3.63) is 71.7 Å². The largest absolute Gasteiger partial charge is 0.416 e. The van der Waals surface area contributed by atoms with Crippen molar-refractivity contribution in [3.63, 3.8) is 0 Å². The van der Waals surface area contributed by atoms with E-state index in [-0.39, 0.29) is 11.9 Å². The highest BCUT2D eigenvalue weighted by Crippen LogP contribution is 2.33. The predicted molar refractivity (Wildman–Crippen MR) is 81.8 cm³/mol. The van der Waals surface area contributed by atoms with E-state index in [1.807, 2.05) is 17.6 Å². The molecule has 0 saturated carbocycles. The Hall–Kier alpha value is -2.30. The van der Waals surface area contributed by atoms with Gasteiger partial charge in [-0.2, -0.15) is 13.2 Å². The Kier molecular flexibility index (Phi) is 3.88. The van der Waals surface area contributed by atoms with Gasteiger partial charge in [0.1, 0.15) is 5.82 Å². The highest BCUT2D eigenvalue weighted by molar-refractivity contribution is 5.81. The minimum absolute atomic E-state index is 0.125. The number of hydrogen-bond acceptors (Lipinski definition) is 0. The fourth-order valence-corrected chi connectivity index (χ4v) is 2.92. The Morgan fingerprint density at radius 1 is 1.04 bits per heavy atom. The Bertz CT molecular complexity index is 832. The van der Waals surface area contributed by atoms with Crippen LogP contribution in [0.15, 0.2) is 54.7 Å². The van der Waals surface area contributed by atoms with E-state index in [1.165, 1.54) is 18.2 Å². The number of fused-ring (bicyclic) bond motifs is 1. The van der Waals surface area contributed by atoms with E-state index < -0.39 is 11.7 Å². The smallest absolute Gasteiger partial charge is 0.340 e. The fourth-order valence-electron chi connectivity index (χ4n) is 2.92. The number of aromatic nitrogens is 1. The van der Waals surface area contributed by atoms with Gasteiger partial charge in [-0.15, -0.1) is 0 Å². The molecule has 0 radical (unpaired) electrons. The van der Waals surface area contributed by atoms with Gasteiger partial charge in [0.25, 0.3) is 0 Å². The summed E-state index contributed by atoms with van der Waals surface area (Å²) in [6.07, 6.45) is -1.90. The van der Waals surface area contributed by atoms with Gasteiger partial charge in [0.15, 0.2) is 0 Å². The van der Waals surface area contributed by atoms with E-state index in [0.717, 1.165) is 17.7 Å². The van der Waals surface area contributed by atoms with Gasteiger partial charge in [0, 0.05) is 17.1 Å². The number of alkyl halides is 3. The van der Waals surface area contributed by atoms with E-state index in [9.17, 15) is 17.6 Å². The lowest BCUT2D eigenvalue weighted by atomic mass is 10.0. The molecule has 1 unspecified atom stereocenters. The van der Waals surface area contributed by atoms with E-state index in [0.29, 0.717) is 17.3 Å². The maximum atomic E-state index is 13.5. The molecule has 0 aliphatic carbocycles. The first-order valence-electron chi connectivity index (χ1n) is 7.33. The minimum atomic E-state index is -4.36. The summed E-state index contributed by atoms with van der Waals surface area (Å²) in [6.45, 7) is 1.96. The van der Waals surface area contributed by atoms with Crippen LogP contribution in [0.5, 0.6) is 0 Å². The lowest BCUT2D eigenvalue weighted by molar-refractivity contribution is -0.137. The zero-order valence-electron chi connectivity index (χ0n) is 12.4. The van der Waals surface area contributed by atoms with Crippen LogP contribution in [0.3, 0.4) is 0 Å². The molecule has 3 aromatic rings. The highest BCUT2D eigenvalue weighted by Gasteiger charge is 2.30. The quantitative estimate of drug-likeness (QED) is 0.537. The van der Waals surface area contributed by atoms with E-state index in [1.54, 1.807) is 18.3 Å². The van der Waals surface area contributed by atoms with Crippen LogP contribution in [0.2, 0.25) is 0 Å². The number of benzene rings is 2. The number of hydrogen-bond donors (Lipinski definition) is 0. The van der Waals surface area contributed by atoms with Gasteiger partial charge in [-0.3, -0.25) is 0 Å². The van der Waals surface area contributed by atoms with E-state index in [2.05, 4.69) is 0 Å². The standard InChI is InChI=1S/C18H15F4N/c1-2-16(12-4-3-5-15(19)11-12)23-9-8-13-10-14(18(20,21)22)6-7-17(13)23/h3-11,16H,2H2,1H3. The van der Waals surface area contributed by atoms with Crippen molar-refractivity contribution in [3.8, 4) is 0 Å². The van der Waals surface area contributed by atoms with E-state index in [4.69, 9.17) is 0 Å². The van der Waals surface area contributed by atoms with Crippen LogP contribution in [0, 0.1) is 5.82 Å². The molecule has 0 bridgehead atoms. The maximum absolute atomic E-state index is 13.5. The van der Waals surface area contributed by atoms with Gasteiger partial charge in [-0.25, -0.2) is 4.39 Å². The Morgan fingerprint density at radius 3 is 2.48 bits per heavy atom. The van der Waals surface area contributed by atoms with Gasteiger partial charge in [-0.1, -0.05) is 19.1 Å². The van der Waals surface area contributed by atoms with Crippen molar-refractivity contribution in [2.75, 3.05) is 0 Å². The van der Waals surface area contributed by atoms with Crippen molar-refractivity contribution in [1.82, 2.24) is 4.57 Å². The molecule has 0 aliphatic rings. The summed E-state index contributed by atoms with van der Waals surface area (Å²) >= 11 is 0. The van der Waals surface area contributed by atoms with Crippen LogP contribution in [-0.2, 0) is 6.18 Å². The van der Waals surface area contributed by atoms with Crippen LogP contribution in [0.1, 0.15) is 30.5 Å². The summed E-state index contributed by atoms with van der Waals surface area (Å²) in [4.78, 5) is 0. The molecule has 0 N–H and O–H groups in total. The van der Waals surface area contributed by atoms with Gasteiger partial charge in [0.05, 0.1) is 11.6 Å². The molecular weight excluding hydrogens is 306 g/mol.